The summed E-state index contributed by atoms with van der Waals surface area (Å²) in [5.74, 6) is -11.4. The highest BCUT2D eigenvalue weighted by molar-refractivity contribution is 6.42. The molecule has 0 spiro atoms. The van der Waals surface area contributed by atoms with E-state index in [2.05, 4.69) is 5.16 Å². The van der Waals surface area contributed by atoms with Crippen molar-refractivity contribution in [3.05, 3.63) is 28.8 Å². The smallest absolute Gasteiger partial charge is 0.392 e. The molecule has 0 unspecified atom stereocenters. The van der Waals surface area contributed by atoms with Crippen molar-refractivity contribution in [3.63, 3.8) is 0 Å². The van der Waals surface area contributed by atoms with Crippen LogP contribution < -0.4 is 5.32 Å². The van der Waals surface area contributed by atoms with Crippen LogP contribution in [0.25, 0.3) is 0 Å². The quantitative estimate of drug-likeness (QED) is 0.337. The van der Waals surface area contributed by atoms with Crippen molar-refractivity contribution < 1.29 is 40.4 Å². The third kappa shape index (κ3) is 4.69. The summed E-state index contributed by atoms with van der Waals surface area (Å²) in [6, 6.07) is 0. The summed E-state index contributed by atoms with van der Waals surface area (Å²) in [5.41, 5.74) is -4.84. The predicted molar refractivity (Wildman–Crippen MR) is 81.0 cm³/mol. The first-order valence-electron chi connectivity index (χ1n) is 7.99. The van der Waals surface area contributed by atoms with Gasteiger partial charge in [-0.05, 0) is 32.6 Å². The van der Waals surface area contributed by atoms with E-state index in [-0.39, 0.29) is 6.10 Å². The SMILES string of the molecule is C/C(=N\OC1CCCCC1)C(=O)Nc1c(F)c(F)c(C(F)(F)F)c(F)c1F. The summed E-state index contributed by atoms with van der Waals surface area (Å²) >= 11 is 0. The molecular weight excluding hydrogens is 385 g/mol. The van der Waals surface area contributed by atoms with Gasteiger partial charge < -0.3 is 10.2 Å². The highest BCUT2D eigenvalue weighted by atomic mass is 19.4. The van der Waals surface area contributed by atoms with Crippen LogP contribution in [0.3, 0.4) is 0 Å². The van der Waals surface area contributed by atoms with Gasteiger partial charge in [-0.3, -0.25) is 4.79 Å². The van der Waals surface area contributed by atoms with E-state index in [0.29, 0.717) is 12.8 Å². The molecule has 0 saturated heterocycles. The fraction of sp³-hybridized carbons (Fsp3) is 0.500. The molecule has 0 atom stereocenters. The predicted octanol–water partition coefficient (Wildman–Crippen LogP) is 4.93. The molecule has 0 aromatic heterocycles. The molecule has 11 heteroatoms. The topological polar surface area (TPSA) is 50.7 Å². The molecule has 0 bridgehead atoms. The maximum atomic E-state index is 13.8. The minimum atomic E-state index is -5.66. The molecule has 150 valence electrons. The Bertz CT molecular complexity index is 727. The van der Waals surface area contributed by atoms with Gasteiger partial charge in [-0.15, -0.1) is 0 Å². The molecule has 1 aromatic rings. The lowest BCUT2D eigenvalue weighted by atomic mass is 9.98. The molecule has 1 N–H and O–H groups in total. The number of halogens is 7. The molecule has 1 fully saturated rings. The van der Waals surface area contributed by atoms with Crippen LogP contribution in [0.5, 0.6) is 0 Å². The Kier molecular flexibility index (Phi) is 6.32. The van der Waals surface area contributed by atoms with E-state index in [1.54, 1.807) is 0 Å². The highest BCUT2D eigenvalue weighted by Crippen LogP contribution is 2.38. The van der Waals surface area contributed by atoms with Crippen molar-refractivity contribution in [3.8, 4) is 0 Å². The minimum absolute atomic E-state index is 0.240. The first-order chi connectivity index (χ1) is 12.5. The zero-order chi connectivity index (χ0) is 20.4. The fourth-order valence-electron chi connectivity index (χ4n) is 2.56. The zero-order valence-corrected chi connectivity index (χ0v) is 14.0. The molecule has 0 heterocycles. The number of anilines is 1. The molecule has 27 heavy (non-hydrogen) atoms. The number of rotatable bonds is 4. The summed E-state index contributed by atoms with van der Waals surface area (Å²) in [6.07, 6.45) is -1.64. The number of carbonyl (C=O) groups is 1. The summed E-state index contributed by atoms with van der Waals surface area (Å²) in [6.45, 7) is 1.10. The van der Waals surface area contributed by atoms with E-state index in [1.165, 1.54) is 5.32 Å². The lowest BCUT2D eigenvalue weighted by Gasteiger charge is -2.19. The van der Waals surface area contributed by atoms with Crippen LogP contribution in [0.15, 0.2) is 5.16 Å². The summed E-state index contributed by atoms with van der Waals surface area (Å²) in [5, 5.41) is 4.98. The molecule has 4 nitrogen and oxygen atoms in total. The second-order valence-corrected chi connectivity index (χ2v) is 6.00. The first-order valence-corrected chi connectivity index (χ1v) is 7.99. The van der Waals surface area contributed by atoms with Crippen LogP contribution in [-0.2, 0) is 15.8 Å². The lowest BCUT2D eigenvalue weighted by molar-refractivity contribution is -0.143. The van der Waals surface area contributed by atoms with Gasteiger partial charge in [0.25, 0.3) is 5.91 Å². The summed E-state index contributed by atoms with van der Waals surface area (Å²) < 4.78 is 92.2. The zero-order valence-electron chi connectivity index (χ0n) is 14.0. The van der Waals surface area contributed by atoms with Crippen LogP contribution >= 0.6 is 0 Å². The number of hydrogen-bond acceptors (Lipinski definition) is 3. The standard InChI is InChI=1S/C16H15F7N2O2/c1-7(25-27-8-5-3-2-4-6-8)15(26)24-14-12(19)10(17)9(16(21,22)23)11(18)13(14)20/h8H,2-6H2,1H3,(H,24,26)/b25-7+. The third-order valence-corrected chi connectivity index (χ3v) is 4.00. The van der Waals surface area contributed by atoms with E-state index >= 15 is 0 Å². The number of carbonyl (C=O) groups excluding carboxylic acids is 1. The lowest BCUT2D eigenvalue weighted by Crippen LogP contribution is -2.25. The van der Waals surface area contributed by atoms with Crippen molar-refractivity contribution in [1.29, 1.82) is 0 Å². The van der Waals surface area contributed by atoms with Crippen LogP contribution in [0, 0.1) is 23.3 Å². The van der Waals surface area contributed by atoms with Crippen LogP contribution in [0.2, 0.25) is 0 Å². The molecular formula is C16H15F7N2O2. The molecule has 2 rings (SSSR count). The van der Waals surface area contributed by atoms with E-state index in [9.17, 15) is 35.5 Å². The van der Waals surface area contributed by atoms with E-state index < -0.39 is 52.3 Å². The Labute approximate surface area is 149 Å². The number of amides is 1. The van der Waals surface area contributed by atoms with Crippen molar-refractivity contribution in [2.24, 2.45) is 5.16 Å². The van der Waals surface area contributed by atoms with Gasteiger partial charge in [0, 0.05) is 0 Å². The number of oxime groups is 1. The molecule has 1 aliphatic rings. The number of nitrogens with zero attached hydrogens (tertiary/aromatic N) is 1. The van der Waals surface area contributed by atoms with Gasteiger partial charge in [-0.25, -0.2) is 17.6 Å². The molecule has 1 aromatic carbocycles. The Hall–Kier alpha value is -2.33. The monoisotopic (exact) mass is 400 g/mol. The molecule has 1 amide bonds. The maximum absolute atomic E-state index is 13.8. The second kappa shape index (κ2) is 8.13. The number of benzene rings is 1. The van der Waals surface area contributed by atoms with Gasteiger partial charge >= 0.3 is 6.18 Å². The first kappa shape index (κ1) is 21.0. The second-order valence-electron chi connectivity index (χ2n) is 6.00. The summed E-state index contributed by atoms with van der Waals surface area (Å²) in [7, 11) is 0. The van der Waals surface area contributed by atoms with Crippen molar-refractivity contribution in [2.75, 3.05) is 5.32 Å². The van der Waals surface area contributed by atoms with Crippen LogP contribution in [0.1, 0.15) is 44.6 Å². The van der Waals surface area contributed by atoms with Gasteiger partial charge in [0.1, 0.15) is 23.1 Å². The number of hydrogen-bond donors (Lipinski definition) is 1. The van der Waals surface area contributed by atoms with Gasteiger partial charge in [0.2, 0.25) is 0 Å². The normalized spacial score (nSPS) is 16.4. The Morgan fingerprint density at radius 1 is 1.00 bits per heavy atom. The Morgan fingerprint density at radius 3 is 2.00 bits per heavy atom. The van der Waals surface area contributed by atoms with Gasteiger partial charge in [0.15, 0.2) is 23.3 Å². The third-order valence-electron chi connectivity index (χ3n) is 4.00. The average Bonchev–Trinajstić information content (AvgIpc) is 2.61. The fourth-order valence-corrected chi connectivity index (χ4v) is 2.56. The number of nitrogens with one attached hydrogen (secondary N) is 1. The van der Waals surface area contributed by atoms with Crippen molar-refractivity contribution >= 4 is 17.3 Å². The van der Waals surface area contributed by atoms with Crippen molar-refractivity contribution in [2.45, 2.75) is 51.3 Å². The minimum Gasteiger partial charge on any atom is -0.392 e. The summed E-state index contributed by atoms with van der Waals surface area (Å²) in [4.78, 5) is 17.0. The van der Waals surface area contributed by atoms with Gasteiger partial charge in [0.05, 0.1) is 0 Å². The highest BCUT2D eigenvalue weighted by Gasteiger charge is 2.42. The molecule has 1 aliphatic carbocycles. The molecule has 0 aliphatic heterocycles. The molecule has 1 saturated carbocycles. The number of alkyl halides is 3. The Morgan fingerprint density at radius 2 is 1.52 bits per heavy atom. The van der Waals surface area contributed by atoms with E-state index in [4.69, 9.17) is 4.84 Å². The Balaban J connectivity index is 2.22. The maximum Gasteiger partial charge on any atom is 0.422 e. The largest absolute Gasteiger partial charge is 0.422 e. The van der Waals surface area contributed by atoms with Crippen molar-refractivity contribution in [1.82, 2.24) is 0 Å². The van der Waals surface area contributed by atoms with E-state index in [1.807, 2.05) is 0 Å². The average molecular weight is 400 g/mol. The van der Waals surface area contributed by atoms with Crippen LogP contribution in [-0.4, -0.2) is 17.7 Å². The van der Waals surface area contributed by atoms with E-state index in [0.717, 1.165) is 26.2 Å². The molecule has 0 radical (unpaired) electrons. The van der Waals surface area contributed by atoms with Crippen LogP contribution in [0.4, 0.5) is 36.4 Å². The van der Waals surface area contributed by atoms with Gasteiger partial charge in [-0.2, -0.15) is 13.2 Å². The van der Waals surface area contributed by atoms with Gasteiger partial charge in [-0.1, -0.05) is 11.6 Å².